The van der Waals surface area contributed by atoms with Crippen molar-refractivity contribution in [1.29, 1.82) is 0 Å². The summed E-state index contributed by atoms with van der Waals surface area (Å²) in [7, 11) is -2.26. The number of carbonyl (C=O) groups excluding carboxylic acids is 1. The van der Waals surface area contributed by atoms with Crippen molar-refractivity contribution < 1.29 is 27.6 Å². The molecule has 0 amide bonds. The van der Waals surface area contributed by atoms with Crippen LogP contribution in [0.5, 0.6) is 5.75 Å². The zero-order valence-electron chi connectivity index (χ0n) is 15.9. The van der Waals surface area contributed by atoms with Crippen LogP contribution in [0.1, 0.15) is 16.1 Å². The van der Waals surface area contributed by atoms with Crippen LogP contribution in [0.25, 0.3) is 10.6 Å². The second-order valence-electron chi connectivity index (χ2n) is 6.13. The molecule has 1 aromatic heterocycles. The molecule has 0 saturated heterocycles. The summed E-state index contributed by atoms with van der Waals surface area (Å²) in [6.07, 6.45) is 0.856. The van der Waals surface area contributed by atoms with E-state index in [1.807, 2.05) is 24.3 Å². The van der Waals surface area contributed by atoms with Gasteiger partial charge in [0.25, 0.3) is 5.69 Å². The Hall–Kier alpha value is -3.31. The standard InChI is InChI=1S/C19H16N2O7S2/c1-27-16-6-4-3-5-14(16)18-20-13(11-29-18)10-28-19(22)12-7-8-17(30(2,25)26)15(9-12)21(23)24/h3-9,11H,10H2,1-2H3. The van der Waals surface area contributed by atoms with E-state index in [1.54, 1.807) is 12.5 Å². The van der Waals surface area contributed by atoms with Crippen LogP contribution in [-0.4, -0.2) is 37.7 Å². The summed E-state index contributed by atoms with van der Waals surface area (Å²) < 4.78 is 33.9. The van der Waals surface area contributed by atoms with Crippen molar-refractivity contribution in [3.05, 3.63) is 69.2 Å². The van der Waals surface area contributed by atoms with Gasteiger partial charge in [-0.2, -0.15) is 0 Å². The van der Waals surface area contributed by atoms with E-state index in [9.17, 15) is 23.3 Å². The molecule has 2 aromatic carbocycles. The van der Waals surface area contributed by atoms with Crippen LogP contribution in [0.4, 0.5) is 5.69 Å². The van der Waals surface area contributed by atoms with Gasteiger partial charge in [0.2, 0.25) is 0 Å². The number of esters is 1. The molecule has 3 rings (SSSR count). The van der Waals surface area contributed by atoms with E-state index < -0.39 is 31.3 Å². The van der Waals surface area contributed by atoms with Crippen molar-refractivity contribution in [3.8, 4) is 16.3 Å². The molecule has 0 aliphatic rings. The number of rotatable bonds is 7. The van der Waals surface area contributed by atoms with Gasteiger partial charge in [0.1, 0.15) is 22.3 Å². The number of hydrogen-bond donors (Lipinski definition) is 0. The van der Waals surface area contributed by atoms with Crippen molar-refractivity contribution in [2.45, 2.75) is 11.5 Å². The number of thiazole rings is 1. The average molecular weight is 448 g/mol. The van der Waals surface area contributed by atoms with Crippen LogP contribution < -0.4 is 4.74 Å². The number of para-hydroxylation sites is 1. The monoisotopic (exact) mass is 448 g/mol. The number of hydrogen-bond acceptors (Lipinski definition) is 9. The molecule has 0 saturated carbocycles. The summed E-state index contributed by atoms with van der Waals surface area (Å²) in [4.78, 5) is 26.6. The smallest absolute Gasteiger partial charge is 0.338 e. The Balaban J connectivity index is 1.76. The molecule has 0 aliphatic carbocycles. The number of nitrogens with zero attached hydrogens (tertiary/aromatic N) is 2. The normalized spacial score (nSPS) is 11.1. The molecule has 0 unspecified atom stereocenters. The van der Waals surface area contributed by atoms with Crippen molar-refractivity contribution in [2.24, 2.45) is 0 Å². The van der Waals surface area contributed by atoms with Gasteiger partial charge in [0.15, 0.2) is 9.84 Å². The van der Waals surface area contributed by atoms with Crippen LogP contribution in [0.2, 0.25) is 0 Å². The van der Waals surface area contributed by atoms with Crippen LogP contribution in [0.3, 0.4) is 0 Å². The zero-order valence-corrected chi connectivity index (χ0v) is 17.5. The minimum Gasteiger partial charge on any atom is -0.496 e. The maximum Gasteiger partial charge on any atom is 0.338 e. The molecule has 0 atom stereocenters. The Labute approximate surface area is 176 Å². The second-order valence-corrected chi connectivity index (χ2v) is 8.97. The first kappa shape index (κ1) is 21.4. The van der Waals surface area contributed by atoms with E-state index in [2.05, 4.69) is 4.98 Å². The number of ether oxygens (including phenoxy) is 2. The summed E-state index contributed by atoms with van der Waals surface area (Å²) in [5.74, 6) is -0.168. The van der Waals surface area contributed by atoms with Crippen LogP contribution in [-0.2, 0) is 21.2 Å². The molecule has 0 spiro atoms. The number of carbonyl (C=O) groups is 1. The summed E-state index contributed by atoms with van der Waals surface area (Å²) >= 11 is 1.35. The Morgan fingerprint density at radius 3 is 2.63 bits per heavy atom. The first-order chi connectivity index (χ1) is 14.2. The van der Waals surface area contributed by atoms with E-state index in [0.29, 0.717) is 16.5 Å². The SMILES string of the molecule is COc1ccccc1-c1nc(COC(=O)c2ccc(S(C)(=O)=O)c([N+](=O)[O-])c2)cs1. The minimum atomic E-state index is -3.82. The second kappa shape index (κ2) is 8.59. The van der Waals surface area contributed by atoms with Gasteiger partial charge in [-0.3, -0.25) is 10.1 Å². The number of methoxy groups -OCH3 is 1. The summed E-state index contributed by atoms with van der Waals surface area (Å²) in [6.45, 7) is -0.147. The molecular formula is C19H16N2O7S2. The number of benzene rings is 2. The van der Waals surface area contributed by atoms with E-state index in [4.69, 9.17) is 9.47 Å². The first-order valence-electron chi connectivity index (χ1n) is 8.44. The maximum atomic E-state index is 12.3. The fourth-order valence-corrected chi connectivity index (χ4v) is 4.30. The number of nitro benzene ring substituents is 1. The number of sulfone groups is 1. The Kier molecular flexibility index (Phi) is 6.13. The predicted molar refractivity (Wildman–Crippen MR) is 109 cm³/mol. The van der Waals surface area contributed by atoms with E-state index >= 15 is 0 Å². The number of nitro groups is 1. The topological polar surface area (TPSA) is 126 Å². The van der Waals surface area contributed by atoms with Gasteiger partial charge in [0.05, 0.1) is 28.9 Å². The van der Waals surface area contributed by atoms with Crippen LogP contribution in [0.15, 0.2) is 52.7 Å². The van der Waals surface area contributed by atoms with E-state index in [1.165, 1.54) is 17.4 Å². The Bertz CT molecular complexity index is 1220. The molecule has 156 valence electrons. The molecular weight excluding hydrogens is 432 g/mol. The van der Waals surface area contributed by atoms with Gasteiger partial charge < -0.3 is 9.47 Å². The Morgan fingerprint density at radius 1 is 1.23 bits per heavy atom. The molecule has 0 fully saturated rings. The minimum absolute atomic E-state index is 0.130. The highest BCUT2D eigenvalue weighted by molar-refractivity contribution is 7.90. The molecule has 1 heterocycles. The third-order valence-corrected chi connectivity index (χ3v) is 6.10. The van der Waals surface area contributed by atoms with Gasteiger partial charge in [-0.25, -0.2) is 18.2 Å². The highest BCUT2D eigenvalue weighted by atomic mass is 32.2. The first-order valence-corrected chi connectivity index (χ1v) is 11.2. The Morgan fingerprint density at radius 2 is 1.97 bits per heavy atom. The largest absolute Gasteiger partial charge is 0.496 e. The quantitative estimate of drug-likeness (QED) is 0.305. The van der Waals surface area contributed by atoms with Gasteiger partial charge in [-0.1, -0.05) is 12.1 Å². The van der Waals surface area contributed by atoms with Gasteiger partial charge in [-0.05, 0) is 24.3 Å². The molecule has 30 heavy (non-hydrogen) atoms. The summed E-state index contributed by atoms with van der Waals surface area (Å²) in [5, 5.41) is 13.6. The van der Waals surface area contributed by atoms with E-state index in [-0.39, 0.29) is 12.2 Å². The van der Waals surface area contributed by atoms with Crippen LogP contribution >= 0.6 is 11.3 Å². The van der Waals surface area contributed by atoms with Crippen molar-refractivity contribution in [2.75, 3.05) is 13.4 Å². The highest BCUT2D eigenvalue weighted by Crippen LogP contribution is 2.32. The lowest BCUT2D eigenvalue weighted by molar-refractivity contribution is -0.387. The highest BCUT2D eigenvalue weighted by Gasteiger charge is 2.24. The summed E-state index contributed by atoms with van der Waals surface area (Å²) in [5.41, 5.74) is 0.486. The fourth-order valence-electron chi connectivity index (χ4n) is 2.64. The molecule has 3 aromatic rings. The molecule has 0 bridgehead atoms. The fraction of sp³-hybridized carbons (Fsp3) is 0.158. The lowest BCUT2D eigenvalue weighted by Gasteiger charge is -2.06. The van der Waals surface area contributed by atoms with E-state index in [0.717, 1.165) is 24.0 Å². The third-order valence-electron chi connectivity index (χ3n) is 4.03. The number of aromatic nitrogens is 1. The third kappa shape index (κ3) is 4.63. The summed E-state index contributed by atoms with van der Waals surface area (Å²) in [6, 6.07) is 10.4. The lowest BCUT2D eigenvalue weighted by atomic mass is 10.2. The van der Waals surface area contributed by atoms with Gasteiger partial charge in [-0.15, -0.1) is 11.3 Å². The zero-order chi connectivity index (χ0) is 21.9. The molecule has 0 N–H and O–H groups in total. The van der Waals surface area contributed by atoms with Gasteiger partial charge >= 0.3 is 5.97 Å². The lowest BCUT2D eigenvalue weighted by Crippen LogP contribution is -2.08. The maximum absolute atomic E-state index is 12.3. The molecule has 0 radical (unpaired) electrons. The van der Waals surface area contributed by atoms with Gasteiger partial charge in [0, 0.05) is 17.7 Å². The van der Waals surface area contributed by atoms with Crippen molar-refractivity contribution in [3.63, 3.8) is 0 Å². The van der Waals surface area contributed by atoms with Crippen molar-refractivity contribution in [1.82, 2.24) is 4.98 Å². The predicted octanol–water partition coefficient (Wildman–Crippen LogP) is 3.49. The average Bonchev–Trinajstić information content (AvgIpc) is 3.19. The van der Waals surface area contributed by atoms with Crippen molar-refractivity contribution >= 4 is 32.8 Å². The van der Waals surface area contributed by atoms with Crippen LogP contribution in [0, 0.1) is 10.1 Å². The molecule has 9 nitrogen and oxygen atoms in total. The molecule has 0 aliphatic heterocycles. The molecule has 11 heteroatoms.